The molecule has 1 aromatic heterocycles. The van der Waals surface area contributed by atoms with Crippen molar-refractivity contribution < 1.29 is 26.3 Å². The van der Waals surface area contributed by atoms with E-state index < -0.39 is 41.3 Å². The van der Waals surface area contributed by atoms with Gasteiger partial charge in [0.1, 0.15) is 23.0 Å². The number of alkyl halides is 3. The molecule has 5 aromatic rings. The van der Waals surface area contributed by atoms with E-state index in [1.807, 2.05) is 42.5 Å². The number of anilines is 2. The van der Waals surface area contributed by atoms with Crippen molar-refractivity contribution in [1.29, 1.82) is 0 Å². The predicted molar refractivity (Wildman–Crippen MR) is 151 cm³/mol. The molecule has 10 heteroatoms. The molecule has 0 aliphatic carbocycles. The van der Waals surface area contributed by atoms with Crippen molar-refractivity contribution in [2.45, 2.75) is 31.6 Å². The summed E-state index contributed by atoms with van der Waals surface area (Å²) in [5.74, 6) is -3.38. The molecular formula is C32H26F6N4. The summed E-state index contributed by atoms with van der Waals surface area (Å²) in [6.45, 7) is 0.996. The lowest BCUT2D eigenvalue weighted by Gasteiger charge is -2.34. The zero-order valence-electron chi connectivity index (χ0n) is 22.3. The second-order valence-corrected chi connectivity index (χ2v) is 10.4. The molecule has 1 aliphatic rings. The van der Waals surface area contributed by atoms with Crippen molar-refractivity contribution in [2.75, 3.05) is 23.3 Å². The number of aromatic nitrogens is 2. The van der Waals surface area contributed by atoms with Crippen LogP contribution in [0.1, 0.15) is 24.0 Å². The molecule has 216 valence electrons. The van der Waals surface area contributed by atoms with Crippen molar-refractivity contribution in [1.82, 2.24) is 9.78 Å². The lowest BCUT2D eigenvalue weighted by atomic mass is 10.0. The Balaban J connectivity index is 1.36. The quantitative estimate of drug-likeness (QED) is 0.205. The molecule has 1 saturated heterocycles. The molecular weight excluding hydrogens is 554 g/mol. The van der Waals surface area contributed by atoms with E-state index in [9.17, 15) is 26.3 Å². The molecule has 0 spiro atoms. The molecule has 6 rings (SSSR count). The fourth-order valence-electron chi connectivity index (χ4n) is 5.57. The SMILES string of the molecule is Fc1cc(F)c(Cn2nc3c(C(F)(F)F)cccc3c2-c2cccc(N3CCC(Nc4ccccc4)CC3)c2)c(F)c1. The Morgan fingerprint density at radius 1 is 0.810 bits per heavy atom. The molecule has 1 aliphatic heterocycles. The van der Waals surface area contributed by atoms with E-state index in [0.29, 0.717) is 23.7 Å². The summed E-state index contributed by atoms with van der Waals surface area (Å²) in [5.41, 5.74) is 0.972. The van der Waals surface area contributed by atoms with E-state index in [1.165, 1.54) is 12.1 Å². The van der Waals surface area contributed by atoms with Crippen LogP contribution >= 0.6 is 0 Å². The summed E-state index contributed by atoms with van der Waals surface area (Å²) in [5, 5.41) is 7.94. The van der Waals surface area contributed by atoms with Crippen LogP contribution in [0.25, 0.3) is 22.2 Å². The number of hydrogen-bond donors (Lipinski definition) is 1. The predicted octanol–water partition coefficient (Wildman–Crippen LogP) is 8.27. The molecule has 0 bridgehead atoms. The third kappa shape index (κ3) is 5.53. The second kappa shape index (κ2) is 11.1. The first-order valence-electron chi connectivity index (χ1n) is 13.5. The summed E-state index contributed by atoms with van der Waals surface area (Å²) >= 11 is 0. The third-order valence-electron chi connectivity index (χ3n) is 7.61. The summed E-state index contributed by atoms with van der Waals surface area (Å²) in [7, 11) is 0. The van der Waals surface area contributed by atoms with Crippen LogP contribution in [0.2, 0.25) is 0 Å². The summed E-state index contributed by atoms with van der Waals surface area (Å²) in [6, 6.07) is 22.4. The molecule has 1 N–H and O–H groups in total. The van der Waals surface area contributed by atoms with Crippen LogP contribution in [-0.4, -0.2) is 28.9 Å². The van der Waals surface area contributed by atoms with Gasteiger partial charge in [0.25, 0.3) is 0 Å². The normalized spacial score (nSPS) is 14.5. The van der Waals surface area contributed by atoms with Gasteiger partial charge in [-0.3, -0.25) is 4.68 Å². The van der Waals surface area contributed by atoms with E-state index in [4.69, 9.17) is 0 Å². The maximum atomic E-state index is 14.6. The standard InChI is InChI=1S/C32H26F6N4/c33-21-17-28(34)26(29(35)18-21)19-42-31(25-10-5-11-27(30(25)40-42)32(36,37)38)20-6-4-9-24(16-20)41-14-12-23(13-15-41)39-22-7-2-1-3-8-22/h1-11,16-18,23,39H,12-15,19H2. The van der Waals surface area contributed by atoms with Gasteiger partial charge in [0.05, 0.1) is 17.8 Å². The molecule has 4 nitrogen and oxygen atoms in total. The second-order valence-electron chi connectivity index (χ2n) is 10.4. The largest absolute Gasteiger partial charge is 0.418 e. The van der Waals surface area contributed by atoms with Gasteiger partial charge < -0.3 is 10.2 Å². The number of fused-ring (bicyclic) bond motifs is 1. The Labute approximate surface area is 238 Å². The van der Waals surface area contributed by atoms with E-state index >= 15 is 0 Å². The summed E-state index contributed by atoms with van der Waals surface area (Å²) in [4.78, 5) is 2.20. The van der Waals surface area contributed by atoms with Crippen molar-refractivity contribution in [3.63, 3.8) is 0 Å². The maximum Gasteiger partial charge on any atom is 0.418 e. The first-order chi connectivity index (χ1) is 20.2. The molecule has 0 saturated carbocycles. The zero-order chi connectivity index (χ0) is 29.4. The molecule has 0 unspecified atom stereocenters. The van der Waals surface area contributed by atoms with Crippen molar-refractivity contribution in [3.05, 3.63) is 114 Å². The highest BCUT2D eigenvalue weighted by Gasteiger charge is 2.35. The summed E-state index contributed by atoms with van der Waals surface area (Å²) < 4.78 is 85.7. The average Bonchev–Trinajstić information content (AvgIpc) is 3.33. The highest BCUT2D eigenvalue weighted by Crippen LogP contribution is 2.39. The van der Waals surface area contributed by atoms with Gasteiger partial charge in [-0.2, -0.15) is 18.3 Å². The van der Waals surface area contributed by atoms with E-state index in [1.54, 1.807) is 12.1 Å². The smallest absolute Gasteiger partial charge is 0.382 e. The minimum Gasteiger partial charge on any atom is -0.382 e. The van der Waals surface area contributed by atoms with Crippen molar-refractivity contribution in [3.8, 4) is 11.3 Å². The van der Waals surface area contributed by atoms with Crippen LogP contribution in [0, 0.1) is 17.5 Å². The van der Waals surface area contributed by atoms with Crippen LogP contribution in [0.5, 0.6) is 0 Å². The van der Waals surface area contributed by atoms with Crippen LogP contribution in [0.4, 0.5) is 37.7 Å². The highest BCUT2D eigenvalue weighted by molar-refractivity contribution is 5.96. The number of nitrogens with one attached hydrogen (secondary N) is 1. The number of hydrogen-bond acceptors (Lipinski definition) is 3. The van der Waals surface area contributed by atoms with Crippen molar-refractivity contribution in [2.24, 2.45) is 0 Å². The average molecular weight is 581 g/mol. The number of benzene rings is 4. The van der Waals surface area contributed by atoms with Gasteiger partial charge >= 0.3 is 6.18 Å². The van der Waals surface area contributed by atoms with Gasteiger partial charge in [0.15, 0.2) is 0 Å². The van der Waals surface area contributed by atoms with Crippen LogP contribution in [0.3, 0.4) is 0 Å². The highest BCUT2D eigenvalue weighted by atomic mass is 19.4. The van der Waals surface area contributed by atoms with Gasteiger partial charge in [0, 0.05) is 59.2 Å². The van der Waals surface area contributed by atoms with E-state index in [0.717, 1.165) is 48.1 Å². The minimum absolute atomic E-state index is 0.190. The zero-order valence-corrected chi connectivity index (χ0v) is 22.3. The number of halogens is 6. The summed E-state index contributed by atoms with van der Waals surface area (Å²) in [6.07, 6.45) is -2.92. The fraction of sp³-hybridized carbons (Fsp3) is 0.219. The van der Waals surface area contributed by atoms with Crippen LogP contribution in [-0.2, 0) is 12.7 Å². The van der Waals surface area contributed by atoms with Crippen molar-refractivity contribution >= 4 is 22.3 Å². The number of para-hydroxylation sites is 1. The molecule has 42 heavy (non-hydrogen) atoms. The number of nitrogens with zero attached hydrogens (tertiary/aromatic N) is 3. The molecule has 4 aromatic carbocycles. The first kappa shape index (κ1) is 27.7. The molecule has 2 heterocycles. The monoisotopic (exact) mass is 580 g/mol. The molecule has 0 atom stereocenters. The number of rotatable bonds is 6. The maximum absolute atomic E-state index is 14.6. The molecule has 1 fully saturated rings. The van der Waals surface area contributed by atoms with Gasteiger partial charge in [-0.1, -0.05) is 42.5 Å². The third-order valence-corrected chi connectivity index (χ3v) is 7.61. The van der Waals surface area contributed by atoms with Gasteiger partial charge in [-0.15, -0.1) is 0 Å². The van der Waals surface area contributed by atoms with Crippen LogP contribution < -0.4 is 10.2 Å². The Hall–Kier alpha value is -4.47. The molecule has 0 radical (unpaired) electrons. The lowest BCUT2D eigenvalue weighted by Crippen LogP contribution is -2.39. The fourth-order valence-corrected chi connectivity index (χ4v) is 5.57. The van der Waals surface area contributed by atoms with E-state index in [2.05, 4.69) is 15.3 Å². The topological polar surface area (TPSA) is 33.1 Å². The number of piperidine rings is 1. The lowest BCUT2D eigenvalue weighted by molar-refractivity contribution is -0.136. The van der Waals surface area contributed by atoms with E-state index in [-0.39, 0.29) is 16.6 Å². The molecule has 0 amide bonds. The first-order valence-corrected chi connectivity index (χ1v) is 13.5. The Morgan fingerprint density at radius 3 is 2.19 bits per heavy atom. The van der Waals surface area contributed by atoms with Gasteiger partial charge in [-0.25, -0.2) is 13.2 Å². The minimum atomic E-state index is -4.69. The van der Waals surface area contributed by atoms with Crippen LogP contribution in [0.15, 0.2) is 84.9 Å². The Morgan fingerprint density at radius 2 is 1.50 bits per heavy atom. The van der Waals surface area contributed by atoms with Gasteiger partial charge in [0.2, 0.25) is 0 Å². The van der Waals surface area contributed by atoms with Gasteiger partial charge in [-0.05, 0) is 43.2 Å². The Kier molecular flexibility index (Phi) is 7.30. The Bertz CT molecular complexity index is 1700.